The predicted octanol–water partition coefficient (Wildman–Crippen LogP) is 2.17. The summed E-state index contributed by atoms with van der Waals surface area (Å²) in [7, 11) is 1.54. The van der Waals surface area contributed by atoms with Crippen molar-refractivity contribution < 1.29 is 14.3 Å². The number of primary amides is 1. The molecule has 5 nitrogen and oxygen atoms in total. The van der Waals surface area contributed by atoms with Gasteiger partial charge in [-0.1, -0.05) is 6.07 Å². The van der Waals surface area contributed by atoms with E-state index in [0.29, 0.717) is 28.5 Å². The number of amides is 1. The maximum Gasteiger partial charge on any atom is 0.248 e. The molecule has 0 bridgehead atoms. The van der Waals surface area contributed by atoms with E-state index in [1.54, 1.807) is 42.5 Å². The Morgan fingerprint density at radius 1 is 1.05 bits per heavy atom. The van der Waals surface area contributed by atoms with E-state index in [9.17, 15) is 4.79 Å². The zero-order chi connectivity index (χ0) is 13.8. The molecule has 2 aromatic carbocycles. The van der Waals surface area contributed by atoms with Gasteiger partial charge >= 0.3 is 0 Å². The van der Waals surface area contributed by atoms with E-state index in [1.807, 2.05) is 0 Å². The van der Waals surface area contributed by atoms with E-state index < -0.39 is 5.91 Å². The number of ether oxygens (including phenoxy) is 2. The number of carbonyl (C=O) groups excluding carboxylic acids is 1. The monoisotopic (exact) mass is 258 g/mol. The van der Waals surface area contributed by atoms with E-state index in [-0.39, 0.29) is 0 Å². The van der Waals surface area contributed by atoms with Gasteiger partial charge in [-0.25, -0.2) is 0 Å². The molecule has 2 aromatic rings. The molecule has 0 radical (unpaired) electrons. The van der Waals surface area contributed by atoms with E-state index >= 15 is 0 Å². The van der Waals surface area contributed by atoms with Crippen LogP contribution in [-0.2, 0) is 0 Å². The van der Waals surface area contributed by atoms with Gasteiger partial charge in [-0.2, -0.15) is 0 Å². The molecular formula is C14H14N2O3. The summed E-state index contributed by atoms with van der Waals surface area (Å²) < 4.78 is 10.7. The van der Waals surface area contributed by atoms with Gasteiger partial charge in [-0.3, -0.25) is 4.79 Å². The van der Waals surface area contributed by atoms with Crippen molar-refractivity contribution in [2.24, 2.45) is 5.73 Å². The van der Waals surface area contributed by atoms with Crippen LogP contribution in [0.25, 0.3) is 0 Å². The lowest BCUT2D eigenvalue weighted by atomic mass is 10.2. The first-order valence-electron chi connectivity index (χ1n) is 5.62. The predicted molar refractivity (Wildman–Crippen MR) is 72.4 cm³/mol. The zero-order valence-electron chi connectivity index (χ0n) is 10.4. The first-order valence-corrected chi connectivity index (χ1v) is 5.62. The highest BCUT2D eigenvalue weighted by Gasteiger charge is 2.07. The molecule has 5 heteroatoms. The molecular weight excluding hydrogens is 244 g/mol. The smallest absolute Gasteiger partial charge is 0.248 e. The minimum absolute atomic E-state index is 0.420. The van der Waals surface area contributed by atoms with Crippen molar-refractivity contribution in [3.05, 3.63) is 48.0 Å². The second-order valence-electron chi connectivity index (χ2n) is 3.86. The quantitative estimate of drug-likeness (QED) is 0.823. The topological polar surface area (TPSA) is 87.6 Å². The van der Waals surface area contributed by atoms with Crippen molar-refractivity contribution in [3.63, 3.8) is 0 Å². The lowest BCUT2D eigenvalue weighted by Gasteiger charge is -2.11. The number of nitrogens with two attached hydrogens (primary N) is 2. The second-order valence-corrected chi connectivity index (χ2v) is 3.86. The molecule has 4 N–H and O–H groups in total. The molecule has 0 heterocycles. The highest BCUT2D eigenvalue weighted by atomic mass is 16.5. The van der Waals surface area contributed by atoms with Gasteiger partial charge in [0.1, 0.15) is 17.2 Å². The number of hydrogen-bond acceptors (Lipinski definition) is 4. The Morgan fingerprint density at radius 3 is 2.26 bits per heavy atom. The summed E-state index contributed by atoms with van der Waals surface area (Å²) in [4.78, 5) is 11.0. The summed E-state index contributed by atoms with van der Waals surface area (Å²) in [6.45, 7) is 0. The van der Waals surface area contributed by atoms with Crippen LogP contribution in [0.5, 0.6) is 17.2 Å². The highest BCUT2D eigenvalue weighted by Crippen LogP contribution is 2.34. The summed E-state index contributed by atoms with van der Waals surface area (Å²) in [6, 6.07) is 11.8. The Bertz CT molecular complexity index is 594. The van der Waals surface area contributed by atoms with Crippen LogP contribution < -0.4 is 20.9 Å². The Kier molecular flexibility index (Phi) is 3.56. The highest BCUT2D eigenvalue weighted by molar-refractivity contribution is 5.92. The molecule has 19 heavy (non-hydrogen) atoms. The summed E-state index contributed by atoms with van der Waals surface area (Å²) in [5.74, 6) is 1.12. The lowest BCUT2D eigenvalue weighted by molar-refractivity contribution is 0.100. The molecule has 0 saturated carbocycles. The van der Waals surface area contributed by atoms with E-state index in [1.165, 1.54) is 7.11 Å². The molecule has 0 unspecified atom stereocenters. The van der Waals surface area contributed by atoms with Crippen LogP contribution in [0.4, 0.5) is 5.69 Å². The first kappa shape index (κ1) is 12.8. The number of hydrogen-bond donors (Lipinski definition) is 2. The molecule has 0 aliphatic heterocycles. The van der Waals surface area contributed by atoms with Crippen molar-refractivity contribution in [1.29, 1.82) is 0 Å². The normalized spacial score (nSPS) is 9.95. The standard InChI is InChI=1S/C14H14N2O3/c1-18-11-3-2-4-12(13(11)15)19-10-7-5-9(6-8-10)14(16)17/h2-8H,15H2,1H3,(H2,16,17). The van der Waals surface area contributed by atoms with Gasteiger partial charge in [0.2, 0.25) is 5.91 Å². The molecule has 0 saturated heterocycles. The number of nitrogen functional groups attached to an aromatic ring is 1. The average Bonchev–Trinajstić information content (AvgIpc) is 2.42. The summed E-state index contributed by atoms with van der Waals surface area (Å²) in [5.41, 5.74) is 11.9. The van der Waals surface area contributed by atoms with Crippen molar-refractivity contribution in [2.45, 2.75) is 0 Å². The molecule has 0 aliphatic rings. The SMILES string of the molecule is COc1cccc(Oc2ccc(C(N)=O)cc2)c1N. The fourth-order valence-corrected chi connectivity index (χ4v) is 1.61. The summed E-state index contributed by atoms with van der Waals surface area (Å²) in [6.07, 6.45) is 0. The summed E-state index contributed by atoms with van der Waals surface area (Å²) in [5, 5.41) is 0. The van der Waals surface area contributed by atoms with Gasteiger partial charge in [0.05, 0.1) is 7.11 Å². The third-order valence-electron chi connectivity index (χ3n) is 2.61. The minimum atomic E-state index is -0.479. The third-order valence-corrected chi connectivity index (χ3v) is 2.61. The van der Waals surface area contributed by atoms with Gasteiger partial charge in [-0.15, -0.1) is 0 Å². The minimum Gasteiger partial charge on any atom is -0.494 e. The van der Waals surface area contributed by atoms with Crippen molar-refractivity contribution in [1.82, 2.24) is 0 Å². The molecule has 0 aliphatic carbocycles. The Labute approximate surface area is 110 Å². The summed E-state index contributed by atoms with van der Waals surface area (Å²) >= 11 is 0. The van der Waals surface area contributed by atoms with E-state index in [2.05, 4.69) is 0 Å². The molecule has 0 atom stereocenters. The number of methoxy groups -OCH3 is 1. The number of rotatable bonds is 4. The second kappa shape index (κ2) is 5.30. The number of benzene rings is 2. The molecule has 0 spiro atoms. The van der Waals surface area contributed by atoms with Crippen LogP contribution in [-0.4, -0.2) is 13.0 Å². The van der Waals surface area contributed by atoms with Crippen LogP contribution in [0.1, 0.15) is 10.4 Å². The van der Waals surface area contributed by atoms with Crippen molar-refractivity contribution in [2.75, 3.05) is 12.8 Å². The molecule has 98 valence electrons. The van der Waals surface area contributed by atoms with E-state index in [4.69, 9.17) is 20.9 Å². The molecule has 1 amide bonds. The van der Waals surface area contributed by atoms with Gasteiger partial charge in [-0.05, 0) is 36.4 Å². The fourth-order valence-electron chi connectivity index (χ4n) is 1.61. The van der Waals surface area contributed by atoms with Gasteiger partial charge in [0.25, 0.3) is 0 Å². The molecule has 0 aromatic heterocycles. The van der Waals surface area contributed by atoms with Gasteiger partial charge in [0, 0.05) is 5.56 Å². The van der Waals surface area contributed by atoms with Crippen LogP contribution in [0.2, 0.25) is 0 Å². The van der Waals surface area contributed by atoms with E-state index in [0.717, 1.165) is 0 Å². The van der Waals surface area contributed by atoms with Crippen LogP contribution in [0, 0.1) is 0 Å². The molecule has 2 rings (SSSR count). The van der Waals surface area contributed by atoms with Gasteiger partial charge < -0.3 is 20.9 Å². The Morgan fingerprint density at radius 2 is 1.68 bits per heavy atom. The maximum atomic E-state index is 11.0. The van der Waals surface area contributed by atoms with Crippen molar-refractivity contribution >= 4 is 11.6 Å². The van der Waals surface area contributed by atoms with Gasteiger partial charge in [0.15, 0.2) is 5.75 Å². The third kappa shape index (κ3) is 2.77. The number of anilines is 1. The fraction of sp³-hybridized carbons (Fsp3) is 0.0714. The zero-order valence-corrected chi connectivity index (χ0v) is 10.4. The van der Waals surface area contributed by atoms with Crippen molar-refractivity contribution in [3.8, 4) is 17.2 Å². The van der Waals surface area contributed by atoms with Crippen LogP contribution in [0.15, 0.2) is 42.5 Å². The average molecular weight is 258 g/mol. The van der Waals surface area contributed by atoms with Crippen LogP contribution in [0.3, 0.4) is 0 Å². The first-order chi connectivity index (χ1) is 9.11. The largest absolute Gasteiger partial charge is 0.494 e. The molecule has 0 fully saturated rings. The Balaban J connectivity index is 2.24. The van der Waals surface area contributed by atoms with Crippen LogP contribution >= 0.6 is 0 Å². The lowest BCUT2D eigenvalue weighted by Crippen LogP contribution is -2.10. The Hall–Kier alpha value is -2.69. The number of carbonyl (C=O) groups is 1. The number of para-hydroxylation sites is 1. The maximum absolute atomic E-state index is 11.0.